The first kappa shape index (κ1) is 17.4. The van der Waals surface area contributed by atoms with Crippen molar-refractivity contribution in [3.05, 3.63) is 23.4 Å². The first-order valence-electron chi connectivity index (χ1n) is 8.74. The zero-order valence-corrected chi connectivity index (χ0v) is 14.9. The van der Waals surface area contributed by atoms with Crippen LogP contribution >= 0.6 is 0 Å². The predicted octanol–water partition coefficient (Wildman–Crippen LogP) is 1.78. The minimum Gasteiger partial charge on any atom is -0.337 e. The Labute approximate surface area is 146 Å². The predicted molar refractivity (Wildman–Crippen MR) is 89.7 cm³/mol. The molecule has 2 aromatic rings. The molecule has 1 aliphatic rings. The van der Waals surface area contributed by atoms with Gasteiger partial charge < -0.3 is 14.7 Å². The van der Waals surface area contributed by atoms with E-state index in [0.29, 0.717) is 24.2 Å². The third-order valence-electron chi connectivity index (χ3n) is 4.18. The second-order valence-corrected chi connectivity index (χ2v) is 6.93. The Bertz CT molecular complexity index is 709. The molecule has 2 aromatic heterocycles. The van der Waals surface area contributed by atoms with E-state index in [4.69, 9.17) is 4.52 Å². The molecule has 0 aliphatic carbocycles. The van der Waals surface area contributed by atoms with Crippen molar-refractivity contribution in [3.63, 3.8) is 0 Å². The van der Waals surface area contributed by atoms with E-state index in [1.807, 2.05) is 6.92 Å². The maximum absolute atomic E-state index is 12.4. The third kappa shape index (κ3) is 4.55. The normalized spacial score (nSPS) is 17.9. The van der Waals surface area contributed by atoms with E-state index in [-0.39, 0.29) is 18.5 Å². The number of nitrogens with one attached hydrogen (secondary N) is 2. The lowest BCUT2D eigenvalue weighted by atomic mass is 9.98. The van der Waals surface area contributed by atoms with Gasteiger partial charge in [0.05, 0.1) is 6.54 Å². The molecule has 0 aromatic carbocycles. The Morgan fingerprint density at radius 3 is 3.00 bits per heavy atom. The number of likely N-dealkylation sites (tertiary alicyclic amines) is 1. The number of aromatic amines is 1. The highest BCUT2D eigenvalue weighted by atomic mass is 16.5. The number of H-pyrrole nitrogens is 1. The van der Waals surface area contributed by atoms with Crippen LogP contribution < -0.4 is 5.32 Å². The van der Waals surface area contributed by atoms with Crippen LogP contribution in [0.2, 0.25) is 0 Å². The molecule has 1 saturated heterocycles. The molecule has 1 atom stereocenters. The number of aromatic nitrogens is 5. The zero-order chi connectivity index (χ0) is 17.8. The van der Waals surface area contributed by atoms with Crippen molar-refractivity contribution in [2.75, 3.05) is 13.1 Å². The van der Waals surface area contributed by atoms with Crippen molar-refractivity contribution in [3.8, 4) is 0 Å². The van der Waals surface area contributed by atoms with Crippen molar-refractivity contribution in [2.45, 2.75) is 52.5 Å². The number of rotatable bonds is 5. The quantitative estimate of drug-likeness (QED) is 0.852. The van der Waals surface area contributed by atoms with Gasteiger partial charge in [-0.25, -0.2) is 9.78 Å². The average molecular weight is 347 g/mol. The summed E-state index contributed by atoms with van der Waals surface area (Å²) in [4.78, 5) is 22.9. The van der Waals surface area contributed by atoms with Gasteiger partial charge in [0.15, 0.2) is 11.6 Å². The maximum atomic E-state index is 12.4. The van der Waals surface area contributed by atoms with Crippen LogP contribution in [0.5, 0.6) is 0 Å². The highest BCUT2D eigenvalue weighted by molar-refractivity contribution is 5.74. The van der Waals surface area contributed by atoms with Crippen molar-refractivity contribution in [2.24, 2.45) is 5.92 Å². The number of carbonyl (C=O) groups excluding carboxylic acids is 1. The van der Waals surface area contributed by atoms with Gasteiger partial charge in [-0.1, -0.05) is 19.0 Å². The van der Waals surface area contributed by atoms with Gasteiger partial charge in [0.1, 0.15) is 5.82 Å². The second-order valence-electron chi connectivity index (χ2n) is 6.93. The molecule has 2 N–H and O–H groups in total. The molecular weight excluding hydrogens is 322 g/mol. The van der Waals surface area contributed by atoms with Gasteiger partial charge in [0.2, 0.25) is 5.89 Å². The SMILES string of the molecule is Cc1nc(C2CCCN(C(=O)NCc3nc(CC(C)C)no3)C2)n[nH]1. The first-order valence-corrected chi connectivity index (χ1v) is 8.74. The van der Waals surface area contributed by atoms with Crippen LogP contribution in [-0.2, 0) is 13.0 Å². The van der Waals surface area contributed by atoms with Crippen LogP contribution in [0.1, 0.15) is 56.0 Å². The van der Waals surface area contributed by atoms with Crippen LogP contribution in [0.3, 0.4) is 0 Å². The van der Waals surface area contributed by atoms with E-state index in [2.05, 4.69) is 44.5 Å². The van der Waals surface area contributed by atoms with Crippen LogP contribution in [0.4, 0.5) is 4.79 Å². The first-order chi connectivity index (χ1) is 12.0. The Morgan fingerprint density at radius 1 is 1.44 bits per heavy atom. The van der Waals surface area contributed by atoms with Crippen molar-refractivity contribution in [1.82, 2.24) is 35.5 Å². The maximum Gasteiger partial charge on any atom is 0.317 e. The molecule has 0 spiro atoms. The van der Waals surface area contributed by atoms with Crippen molar-refractivity contribution in [1.29, 1.82) is 0 Å². The number of piperidine rings is 1. The van der Waals surface area contributed by atoms with E-state index in [1.165, 1.54) is 0 Å². The summed E-state index contributed by atoms with van der Waals surface area (Å²) in [5.74, 6) is 3.32. The minimum atomic E-state index is -0.124. The summed E-state index contributed by atoms with van der Waals surface area (Å²) < 4.78 is 5.18. The number of nitrogens with zero attached hydrogens (tertiary/aromatic N) is 5. The van der Waals surface area contributed by atoms with Crippen LogP contribution in [0.25, 0.3) is 0 Å². The van der Waals surface area contributed by atoms with Crippen molar-refractivity contribution < 1.29 is 9.32 Å². The van der Waals surface area contributed by atoms with Crippen LogP contribution in [0, 0.1) is 12.8 Å². The molecular formula is C16H25N7O2. The Hall–Kier alpha value is -2.45. The summed E-state index contributed by atoms with van der Waals surface area (Å²) in [5, 5.41) is 13.9. The van der Waals surface area contributed by atoms with Gasteiger partial charge in [0.25, 0.3) is 0 Å². The fraction of sp³-hybridized carbons (Fsp3) is 0.688. The molecule has 3 rings (SSSR count). The fourth-order valence-electron chi connectivity index (χ4n) is 2.99. The minimum absolute atomic E-state index is 0.124. The van der Waals surface area contributed by atoms with E-state index in [1.54, 1.807) is 4.90 Å². The Balaban J connectivity index is 1.51. The molecule has 0 bridgehead atoms. The Morgan fingerprint density at radius 2 is 2.28 bits per heavy atom. The molecule has 1 fully saturated rings. The summed E-state index contributed by atoms with van der Waals surface area (Å²) in [6.45, 7) is 7.66. The van der Waals surface area contributed by atoms with E-state index in [0.717, 1.165) is 37.5 Å². The molecule has 0 radical (unpaired) electrons. The van der Waals surface area contributed by atoms with Gasteiger partial charge in [-0.05, 0) is 25.7 Å². The standard InChI is InChI=1S/C16H25N7O2/c1-10(2)7-13-19-14(25-22-13)8-17-16(24)23-6-4-5-12(9-23)15-18-11(3)20-21-15/h10,12H,4-9H2,1-3H3,(H,17,24)(H,18,20,21). The molecule has 3 heterocycles. The van der Waals surface area contributed by atoms with Gasteiger partial charge in [-0.2, -0.15) is 10.1 Å². The zero-order valence-electron chi connectivity index (χ0n) is 14.9. The largest absolute Gasteiger partial charge is 0.337 e. The Kier molecular flexibility index (Phi) is 5.30. The molecule has 2 amide bonds. The lowest BCUT2D eigenvalue weighted by Gasteiger charge is -2.31. The number of hydrogen-bond donors (Lipinski definition) is 2. The average Bonchev–Trinajstić information content (AvgIpc) is 3.21. The smallest absolute Gasteiger partial charge is 0.317 e. The number of aryl methyl sites for hydroxylation is 1. The van der Waals surface area contributed by atoms with Gasteiger partial charge in [-0.15, -0.1) is 0 Å². The van der Waals surface area contributed by atoms with E-state index < -0.39 is 0 Å². The fourth-order valence-corrected chi connectivity index (χ4v) is 2.99. The van der Waals surface area contributed by atoms with Gasteiger partial charge >= 0.3 is 6.03 Å². The molecule has 25 heavy (non-hydrogen) atoms. The van der Waals surface area contributed by atoms with Crippen LogP contribution in [-0.4, -0.2) is 49.3 Å². The van der Waals surface area contributed by atoms with Gasteiger partial charge in [-0.3, -0.25) is 5.10 Å². The van der Waals surface area contributed by atoms with E-state index >= 15 is 0 Å². The number of carbonyl (C=O) groups is 1. The number of hydrogen-bond acceptors (Lipinski definition) is 6. The topological polar surface area (TPSA) is 113 Å². The monoisotopic (exact) mass is 347 g/mol. The lowest BCUT2D eigenvalue weighted by molar-refractivity contribution is 0.176. The highest BCUT2D eigenvalue weighted by Gasteiger charge is 2.27. The third-order valence-corrected chi connectivity index (χ3v) is 4.18. The van der Waals surface area contributed by atoms with Crippen molar-refractivity contribution >= 4 is 6.03 Å². The molecule has 9 heteroatoms. The van der Waals surface area contributed by atoms with Gasteiger partial charge in [0, 0.05) is 25.4 Å². The summed E-state index contributed by atoms with van der Waals surface area (Å²) in [6.07, 6.45) is 2.69. The van der Waals surface area contributed by atoms with E-state index in [9.17, 15) is 4.79 Å². The van der Waals surface area contributed by atoms with Crippen LogP contribution in [0.15, 0.2) is 4.52 Å². The summed E-state index contributed by atoms with van der Waals surface area (Å²) in [7, 11) is 0. The highest BCUT2D eigenvalue weighted by Crippen LogP contribution is 2.24. The lowest BCUT2D eigenvalue weighted by Crippen LogP contribution is -2.44. The molecule has 0 saturated carbocycles. The second kappa shape index (κ2) is 7.62. The number of amides is 2. The molecule has 1 aliphatic heterocycles. The summed E-state index contributed by atoms with van der Waals surface area (Å²) in [6, 6.07) is -0.124. The summed E-state index contributed by atoms with van der Waals surface area (Å²) >= 11 is 0. The molecule has 136 valence electrons. The summed E-state index contributed by atoms with van der Waals surface area (Å²) in [5.41, 5.74) is 0. The number of urea groups is 1. The molecule has 9 nitrogen and oxygen atoms in total. The molecule has 1 unspecified atom stereocenters.